The summed E-state index contributed by atoms with van der Waals surface area (Å²) in [6.07, 6.45) is 3.77. The van der Waals surface area contributed by atoms with E-state index in [9.17, 15) is 4.79 Å². The van der Waals surface area contributed by atoms with E-state index in [4.69, 9.17) is 27.9 Å². The molecule has 10 heteroatoms. The number of fused-ring (bicyclic) bond motifs is 1. The molecule has 164 valence electrons. The van der Waals surface area contributed by atoms with Crippen LogP contribution in [0.3, 0.4) is 0 Å². The minimum Gasteiger partial charge on any atom is -0.495 e. The number of nitrogens with one attached hydrogen (secondary N) is 1. The second-order valence-corrected chi connectivity index (χ2v) is 8.73. The van der Waals surface area contributed by atoms with Gasteiger partial charge >= 0.3 is 0 Å². The number of rotatable bonds is 6. The van der Waals surface area contributed by atoms with Gasteiger partial charge in [0.05, 0.1) is 12.1 Å². The number of halogens is 2. The fourth-order valence-electron chi connectivity index (χ4n) is 3.14. The van der Waals surface area contributed by atoms with Crippen molar-refractivity contribution < 1.29 is 9.53 Å². The van der Waals surface area contributed by atoms with Crippen molar-refractivity contribution >= 4 is 57.2 Å². The van der Waals surface area contributed by atoms with Crippen LogP contribution >= 0.6 is 34.5 Å². The molecule has 0 bridgehead atoms. The lowest BCUT2D eigenvalue weighted by Crippen LogP contribution is -2.09. The summed E-state index contributed by atoms with van der Waals surface area (Å²) in [4.78, 5) is 13.3. The minimum absolute atomic E-state index is 0.296. The van der Waals surface area contributed by atoms with Crippen LogP contribution in [0.25, 0.3) is 21.6 Å². The highest BCUT2D eigenvalue weighted by molar-refractivity contribution is 7.19. The highest BCUT2D eigenvalue weighted by Gasteiger charge is 2.14. The lowest BCUT2D eigenvalue weighted by atomic mass is 10.1. The van der Waals surface area contributed by atoms with E-state index in [1.165, 1.54) is 24.5 Å². The molecule has 2 aromatic heterocycles. The van der Waals surface area contributed by atoms with E-state index in [0.29, 0.717) is 27.0 Å². The average molecular weight is 488 g/mol. The summed E-state index contributed by atoms with van der Waals surface area (Å²) in [6.45, 7) is 3.94. The summed E-state index contributed by atoms with van der Waals surface area (Å²) in [6, 6.07) is 9.08. The molecule has 0 fully saturated rings. The van der Waals surface area contributed by atoms with Crippen molar-refractivity contribution in [2.45, 2.75) is 20.3 Å². The number of nitrogens with zero attached hydrogens (tertiary/aromatic N) is 4. The Balaban J connectivity index is 1.57. The van der Waals surface area contributed by atoms with Gasteiger partial charge in [-0.05, 0) is 36.8 Å². The van der Waals surface area contributed by atoms with E-state index >= 15 is 0 Å². The standard InChI is InChI=1S/C22H19Cl2N5O2S/c1-4-18-26-27-22-29(18)28-21(32-22)14-6-5-12(2)17(10-14)25-19(30)8-7-13-9-15(23)11-16(24)20(13)31-3/h5-11H,4H2,1-3H3,(H,25,30). The Labute approximate surface area is 198 Å². The topological polar surface area (TPSA) is 81.4 Å². The van der Waals surface area contributed by atoms with Crippen molar-refractivity contribution in [2.75, 3.05) is 12.4 Å². The molecule has 0 aliphatic rings. The number of amides is 1. The number of benzene rings is 2. The van der Waals surface area contributed by atoms with E-state index in [1.54, 1.807) is 22.7 Å². The van der Waals surface area contributed by atoms with Crippen LogP contribution < -0.4 is 10.1 Å². The van der Waals surface area contributed by atoms with E-state index in [-0.39, 0.29) is 5.91 Å². The van der Waals surface area contributed by atoms with Gasteiger partial charge in [-0.1, -0.05) is 53.6 Å². The molecular weight excluding hydrogens is 469 g/mol. The van der Waals surface area contributed by atoms with Crippen LogP contribution in [0, 0.1) is 6.92 Å². The molecular formula is C22H19Cl2N5O2S. The maximum Gasteiger partial charge on any atom is 0.248 e. The van der Waals surface area contributed by atoms with E-state index < -0.39 is 0 Å². The molecule has 0 aliphatic heterocycles. The molecule has 7 nitrogen and oxygen atoms in total. The number of methoxy groups -OCH3 is 1. The zero-order valence-corrected chi connectivity index (χ0v) is 19.8. The third-order valence-electron chi connectivity index (χ3n) is 4.77. The molecule has 2 aromatic carbocycles. The normalized spacial score (nSPS) is 11.4. The number of hydrogen-bond donors (Lipinski definition) is 1. The van der Waals surface area contributed by atoms with Gasteiger partial charge in [0, 0.05) is 34.3 Å². The molecule has 0 atom stereocenters. The SMILES string of the molecule is CCc1nnc2sc(-c3ccc(C)c(NC(=O)C=Cc4cc(Cl)cc(Cl)c4OC)c3)nn12. The second kappa shape index (κ2) is 9.28. The number of hydrogen-bond acceptors (Lipinski definition) is 6. The van der Waals surface area contributed by atoms with Crippen LogP contribution in [0.2, 0.25) is 10.0 Å². The molecule has 4 aromatic rings. The van der Waals surface area contributed by atoms with Crippen molar-refractivity contribution in [1.29, 1.82) is 0 Å². The van der Waals surface area contributed by atoms with Gasteiger partial charge in [0.2, 0.25) is 10.9 Å². The van der Waals surface area contributed by atoms with Crippen LogP contribution in [0.15, 0.2) is 36.4 Å². The number of aryl methyl sites for hydroxylation is 2. The van der Waals surface area contributed by atoms with Crippen LogP contribution in [0.4, 0.5) is 5.69 Å². The highest BCUT2D eigenvalue weighted by Crippen LogP contribution is 2.33. The Kier molecular flexibility index (Phi) is 6.45. The number of aromatic nitrogens is 4. The van der Waals surface area contributed by atoms with Gasteiger partial charge in [0.1, 0.15) is 10.8 Å². The van der Waals surface area contributed by atoms with Gasteiger partial charge in [0.25, 0.3) is 0 Å². The van der Waals surface area contributed by atoms with Crippen molar-refractivity contribution in [3.05, 3.63) is 63.4 Å². The minimum atomic E-state index is -0.296. The van der Waals surface area contributed by atoms with E-state index in [0.717, 1.165) is 33.3 Å². The van der Waals surface area contributed by atoms with Gasteiger partial charge in [-0.15, -0.1) is 10.2 Å². The Bertz CT molecular complexity index is 1350. The Morgan fingerprint density at radius 3 is 2.81 bits per heavy atom. The van der Waals surface area contributed by atoms with Crippen LogP contribution in [0.5, 0.6) is 5.75 Å². The maximum absolute atomic E-state index is 12.6. The third kappa shape index (κ3) is 4.48. The molecule has 32 heavy (non-hydrogen) atoms. The Hall–Kier alpha value is -2.94. The largest absolute Gasteiger partial charge is 0.495 e. The van der Waals surface area contributed by atoms with Crippen molar-refractivity contribution in [3.8, 4) is 16.3 Å². The molecule has 0 spiro atoms. The lowest BCUT2D eigenvalue weighted by Gasteiger charge is -2.09. The predicted octanol–water partition coefficient (Wildman–Crippen LogP) is 5.69. The molecule has 2 heterocycles. The molecule has 1 N–H and O–H groups in total. The number of carbonyl (C=O) groups is 1. The van der Waals surface area contributed by atoms with Gasteiger partial charge < -0.3 is 10.1 Å². The first-order chi connectivity index (χ1) is 15.4. The predicted molar refractivity (Wildman–Crippen MR) is 129 cm³/mol. The Morgan fingerprint density at radius 1 is 1.25 bits per heavy atom. The quantitative estimate of drug-likeness (QED) is 0.353. The smallest absolute Gasteiger partial charge is 0.248 e. The first-order valence-corrected chi connectivity index (χ1v) is 11.3. The summed E-state index contributed by atoms with van der Waals surface area (Å²) in [7, 11) is 1.51. The monoisotopic (exact) mass is 487 g/mol. The van der Waals surface area contributed by atoms with Crippen molar-refractivity contribution in [3.63, 3.8) is 0 Å². The molecule has 0 saturated heterocycles. The summed E-state index contributed by atoms with van der Waals surface area (Å²) in [5, 5.41) is 17.4. The fraction of sp³-hybridized carbons (Fsp3) is 0.182. The Morgan fingerprint density at radius 2 is 2.06 bits per heavy atom. The summed E-state index contributed by atoms with van der Waals surface area (Å²) < 4.78 is 7.06. The summed E-state index contributed by atoms with van der Waals surface area (Å²) in [5.74, 6) is 0.965. The molecule has 1 amide bonds. The van der Waals surface area contributed by atoms with Crippen LogP contribution in [-0.4, -0.2) is 32.8 Å². The van der Waals surface area contributed by atoms with Gasteiger partial charge in [-0.2, -0.15) is 9.61 Å². The molecule has 0 radical (unpaired) electrons. The first kappa shape index (κ1) is 22.3. The summed E-state index contributed by atoms with van der Waals surface area (Å²) >= 11 is 13.7. The molecule has 0 unspecified atom stereocenters. The van der Waals surface area contributed by atoms with Crippen molar-refractivity contribution in [2.24, 2.45) is 0 Å². The lowest BCUT2D eigenvalue weighted by molar-refractivity contribution is -0.111. The van der Waals surface area contributed by atoms with Crippen molar-refractivity contribution in [1.82, 2.24) is 19.8 Å². The second-order valence-electron chi connectivity index (χ2n) is 6.93. The van der Waals surface area contributed by atoms with E-state index in [2.05, 4.69) is 20.6 Å². The molecule has 0 aliphatic carbocycles. The molecule has 0 saturated carbocycles. The summed E-state index contributed by atoms with van der Waals surface area (Å²) in [5.41, 5.74) is 3.11. The van der Waals surface area contributed by atoms with Gasteiger partial charge in [-0.3, -0.25) is 4.79 Å². The highest BCUT2D eigenvalue weighted by atomic mass is 35.5. The zero-order valence-electron chi connectivity index (χ0n) is 17.5. The third-order valence-corrected chi connectivity index (χ3v) is 6.22. The average Bonchev–Trinajstić information content (AvgIpc) is 3.34. The number of carbonyl (C=O) groups excluding carboxylic acids is 1. The maximum atomic E-state index is 12.6. The van der Waals surface area contributed by atoms with Crippen LogP contribution in [0.1, 0.15) is 23.9 Å². The molecule has 4 rings (SSSR count). The number of ether oxygens (including phenoxy) is 1. The van der Waals surface area contributed by atoms with E-state index in [1.807, 2.05) is 32.0 Å². The zero-order chi connectivity index (χ0) is 22.8. The van der Waals surface area contributed by atoms with Gasteiger partial charge in [0.15, 0.2) is 5.82 Å². The fourth-order valence-corrected chi connectivity index (χ4v) is 4.58. The van der Waals surface area contributed by atoms with Gasteiger partial charge in [-0.25, -0.2) is 0 Å². The number of anilines is 1. The first-order valence-electron chi connectivity index (χ1n) is 9.73. The van der Waals surface area contributed by atoms with Crippen LogP contribution in [-0.2, 0) is 11.2 Å².